The Hall–Kier alpha value is -3.08. The van der Waals surface area contributed by atoms with Gasteiger partial charge in [0.05, 0.1) is 23.2 Å². The maximum atomic E-state index is 10.5. The first-order chi connectivity index (χ1) is 12.6. The molecule has 5 nitrogen and oxygen atoms in total. The summed E-state index contributed by atoms with van der Waals surface area (Å²) in [5.41, 5.74) is 3.55. The number of hydrogen-bond donors (Lipinski definition) is 3. The molecule has 132 valence electrons. The van der Waals surface area contributed by atoms with Crippen molar-refractivity contribution in [3.8, 4) is 0 Å². The van der Waals surface area contributed by atoms with Crippen molar-refractivity contribution in [3.63, 3.8) is 0 Å². The Morgan fingerprint density at radius 2 is 1.88 bits per heavy atom. The molecule has 0 fully saturated rings. The van der Waals surface area contributed by atoms with Crippen molar-refractivity contribution in [1.29, 1.82) is 5.41 Å². The predicted octanol–water partition coefficient (Wildman–Crippen LogP) is 4.15. The summed E-state index contributed by atoms with van der Waals surface area (Å²) in [5, 5.41) is 19.0. The van der Waals surface area contributed by atoms with Crippen LogP contribution in [0.2, 0.25) is 0 Å². The summed E-state index contributed by atoms with van der Waals surface area (Å²) in [7, 11) is 0. The molecule has 3 N–H and O–H groups in total. The van der Waals surface area contributed by atoms with E-state index in [9.17, 15) is 5.11 Å². The standard InChI is InChI=1S/C21H22N4O/c1-14(11-12-15-7-3-2-4-8-15)25-13-18(26)19(20(25)22)21-23-16-9-5-6-10-17(16)24-21/h2-10,14,22,26H,11-13H2,1H3,(H,23,24)/t14-/m0/s1. The molecule has 1 aliphatic heterocycles. The highest BCUT2D eigenvalue weighted by molar-refractivity contribution is 6.23. The molecule has 0 aliphatic carbocycles. The van der Waals surface area contributed by atoms with Gasteiger partial charge in [-0.2, -0.15) is 0 Å². The lowest BCUT2D eigenvalue weighted by atomic mass is 10.1. The van der Waals surface area contributed by atoms with E-state index < -0.39 is 0 Å². The average Bonchev–Trinajstić information content (AvgIpc) is 3.20. The molecule has 2 aromatic carbocycles. The number of aromatic nitrogens is 2. The first-order valence-electron chi connectivity index (χ1n) is 8.90. The maximum absolute atomic E-state index is 10.5. The minimum atomic E-state index is 0.159. The number of fused-ring (bicyclic) bond motifs is 1. The molecule has 1 aromatic heterocycles. The number of rotatable bonds is 5. The zero-order valence-corrected chi connectivity index (χ0v) is 14.7. The molecule has 0 bridgehead atoms. The minimum Gasteiger partial charge on any atom is -0.510 e. The normalized spacial score (nSPS) is 15.9. The number of aliphatic hydroxyl groups is 1. The molecule has 4 rings (SSSR count). The number of imidazole rings is 1. The lowest BCUT2D eigenvalue weighted by Crippen LogP contribution is -2.35. The van der Waals surface area contributed by atoms with E-state index in [4.69, 9.17) is 5.41 Å². The average molecular weight is 346 g/mol. The number of aryl methyl sites for hydroxylation is 1. The van der Waals surface area contributed by atoms with Crippen molar-refractivity contribution in [2.75, 3.05) is 6.54 Å². The Morgan fingerprint density at radius 1 is 1.15 bits per heavy atom. The van der Waals surface area contributed by atoms with Gasteiger partial charge in [-0.05, 0) is 37.5 Å². The van der Waals surface area contributed by atoms with Crippen LogP contribution in [-0.2, 0) is 6.42 Å². The van der Waals surface area contributed by atoms with Crippen molar-refractivity contribution in [2.24, 2.45) is 0 Å². The first-order valence-corrected chi connectivity index (χ1v) is 8.90. The molecule has 5 heteroatoms. The van der Waals surface area contributed by atoms with Gasteiger partial charge in [0.2, 0.25) is 0 Å². The van der Waals surface area contributed by atoms with Gasteiger partial charge in [-0.15, -0.1) is 0 Å². The van der Waals surface area contributed by atoms with Crippen molar-refractivity contribution >= 4 is 22.4 Å². The van der Waals surface area contributed by atoms with E-state index in [1.165, 1.54) is 5.56 Å². The fourth-order valence-corrected chi connectivity index (χ4v) is 3.47. The molecule has 3 aromatic rings. The van der Waals surface area contributed by atoms with Crippen LogP contribution in [0.25, 0.3) is 16.6 Å². The van der Waals surface area contributed by atoms with E-state index in [1.54, 1.807) is 0 Å². The van der Waals surface area contributed by atoms with E-state index >= 15 is 0 Å². The Kier molecular flexibility index (Phi) is 4.21. The number of para-hydroxylation sites is 2. The summed E-state index contributed by atoms with van der Waals surface area (Å²) >= 11 is 0. The van der Waals surface area contributed by atoms with Gasteiger partial charge in [-0.1, -0.05) is 42.5 Å². The number of benzene rings is 2. The Labute approximate surface area is 152 Å². The highest BCUT2D eigenvalue weighted by Crippen LogP contribution is 2.29. The number of amidine groups is 1. The van der Waals surface area contributed by atoms with E-state index in [-0.39, 0.29) is 11.8 Å². The van der Waals surface area contributed by atoms with Crippen molar-refractivity contribution < 1.29 is 5.11 Å². The quantitative estimate of drug-likeness (QED) is 0.650. The van der Waals surface area contributed by atoms with E-state index in [1.807, 2.05) is 47.4 Å². The van der Waals surface area contributed by atoms with E-state index in [2.05, 4.69) is 29.0 Å². The summed E-state index contributed by atoms with van der Waals surface area (Å²) in [6.07, 6.45) is 1.87. The fourth-order valence-electron chi connectivity index (χ4n) is 3.47. The number of H-pyrrole nitrogens is 1. The van der Waals surface area contributed by atoms with Gasteiger partial charge in [0, 0.05) is 6.04 Å². The van der Waals surface area contributed by atoms with Gasteiger partial charge in [0.1, 0.15) is 17.4 Å². The molecule has 2 heterocycles. The zero-order valence-electron chi connectivity index (χ0n) is 14.7. The Balaban J connectivity index is 1.50. The fraction of sp³-hybridized carbons (Fsp3) is 0.238. The molecule has 0 radical (unpaired) electrons. The van der Waals surface area contributed by atoms with Crippen LogP contribution >= 0.6 is 0 Å². The molecule has 0 saturated carbocycles. The Morgan fingerprint density at radius 3 is 2.65 bits per heavy atom. The molecular weight excluding hydrogens is 324 g/mol. The minimum absolute atomic E-state index is 0.159. The predicted molar refractivity (Wildman–Crippen MR) is 104 cm³/mol. The lowest BCUT2D eigenvalue weighted by Gasteiger charge is -2.26. The number of aliphatic hydroxyl groups excluding tert-OH is 1. The highest BCUT2D eigenvalue weighted by Gasteiger charge is 2.32. The van der Waals surface area contributed by atoms with Crippen LogP contribution in [-0.4, -0.2) is 38.4 Å². The summed E-state index contributed by atoms with van der Waals surface area (Å²) < 4.78 is 0. The largest absolute Gasteiger partial charge is 0.510 e. The molecule has 0 saturated heterocycles. The molecule has 0 unspecified atom stereocenters. The van der Waals surface area contributed by atoms with Crippen LogP contribution in [0.15, 0.2) is 60.4 Å². The number of hydrogen-bond acceptors (Lipinski definition) is 3. The van der Waals surface area contributed by atoms with Crippen LogP contribution in [0.1, 0.15) is 24.7 Å². The molecule has 0 amide bonds. The summed E-state index contributed by atoms with van der Waals surface area (Å²) in [6, 6.07) is 18.3. The van der Waals surface area contributed by atoms with E-state index in [0.29, 0.717) is 23.8 Å². The Bertz CT molecular complexity index is 941. The number of aromatic amines is 1. The summed E-state index contributed by atoms with van der Waals surface area (Å²) in [4.78, 5) is 9.71. The monoisotopic (exact) mass is 346 g/mol. The van der Waals surface area contributed by atoms with Gasteiger partial charge >= 0.3 is 0 Å². The second-order valence-electron chi connectivity index (χ2n) is 6.77. The molecule has 1 atom stereocenters. The van der Waals surface area contributed by atoms with Gasteiger partial charge in [-0.3, -0.25) is 5.41 Å². The topological polar surface area (TPSA) is 76.0 Å². The first kappa shape index (κ1) is 16.4. The zero-order chi connectivity index (χ0) is 18.1. The lowest BCUT2D eigenvalue weighted by molar-refractivity contribution is 0.296. The number of nitrogens with zero attached hydrogens (tertiary/aromatic N) is 2. The van der Waals surface area contributed by atoms with Gasteiger partial charge < -0.3 is 15.0 Å². The third-order valence-electron chi connectivity index (χ3n) is 4.98. The van der Waals surface area contributed by atoms with Crippen molar-refractivity contribution in [2.45, 2.75) is 25.8 Å². The number of nitrogens with one attached hydrogen (secondary N) is 2. The third kappa shape index (κ3) is 2.96. The third-order valence-corrected chi connectivity index (χ3v) is 4.98. The highest BCUT2D eigenvalue weighted by atomic mass is 16.3. The molecule has 26 heavy (non-hydrogen) atoms. The molecule has 1 aliphatic rings. The van der Waals surface area contributed by atoms with Crippen LogP contribution in [0, 0.1) is 5.41 Å². The maximum Gasteiger partial charge on any atom is 0.145 e. The van der Waals surface area contributed by atoms with Gasteiger partial charge in [0.25, 0.3) is 0 Å². The second kappa shape index (κ2) is 6.67. The van der Waals surface area contributed by atoms with E-state index in [0.717, 1.165) is 23.9 Å². The molecule has 0 spiro atoms. The van der Waals surface area contributed by atoms with Crippen LogP contribution in [0.4, 0.5) is 0 Å². The molecular formula is C21H22N4O. The van der Waals surface area contributed by atoms with Crippen LogP contribution in [0.5, 0.6) is 0 Å². The van der Waals surface area contributed by atoms with Crippen molar-refractivity contribution in [1.82, 2.24) is 14.9 Å². The van der Waals surface area contributed by atoms with Gasteiger partial charge in [-0.25, -0.2) is 4.98 Å². The summed E-state index contributed by atoms with van der Waals surface area (Å²) in [5.74, 6) is 1.11. The van der Waals surface area contributed by atoms with Gasteiger partial charge in [0.15, 0.2) is 0 Å². The smallest absolute Gasteiger partial charge is 0.145 e. The van der Waals surface area contributed by atoms with Crippen molar-refractivity contribution in [3.05, 3.63) is 71.7 Å². The van der Waals surface area contributed by atoms with Crippen LogP contribution in [0.3, 0.4) is 0 Å². The summed E-state index contributed by atoms with van der Waals surface area (Å²) in [6.45, 7) is 2.47. The SMILES string of the molecule is C[C@@H](CCc1ccccc1)N1CC(O)=C(c2nc3ccccc3[nH]2)C1=N. The second-order valence-corrected chi connectivity index (χ2v) is 6.77. The van der Waals surface area contributed by atoms with Crippen LogP contribution < -0.4 is 0 Å².